The first-order valence-electron chi connectivity index (χ1n) is 5.82. The van der Waals surface area contributed by atoms with E-state index in [1.807, 2.05) is 18.5 Å². The molecule has 3 heterocycles. The molecule has 96 valence electrons. The Morgan fingerprint density at radius 1 is 1.29 bits per heavy atom. The topological polar surface area (TPSA) is 28.2 Å². The molecule has 2 aliphatic rings. The Labute approximate surface area is 115 Å². The van der Waals surface area contributed by atoms with E-state index in [0.29, 0.717) is 6.04 Å². The monoisotopic (exact) mass is 275 g/mol. The van der Waals surface area contributed by atoms with E-state index < -0.39 is 0 Å². The second kappa shape index (κ2) is 6.43. The van der Waals surface area contributed by atoms with Crippen LogP contribution in [0, 0.1) is 5.92 Å². The van der Waals surface area contributed by atoms with Gasteiger partial charge in [0, 0.05) is 25.3 Å². The molecule has 0 bridgehead atoms. The van der Waals surface area contributed by atoms with Gasteiger partial charge in [-0.05, 0) is 37.4 Å². The number of piperidine rings is 1. The van der Waals surface area contributed by atoms with Crippen LogP contribution in [-0.4, -0.2) is 30.7 Å². The van der Waals surface area contributed by atoms with Crippen LogP contribution in [0.4, 0.5) is 5.69 Å². The van der Waals surface area contributed by atoms with Crippen LogP contribution in [0.5, 0.6) is 0 Å². The Hall–Kier alpha value is -0.510. The maximum Gasteiger partial charge on any atom is 0.0553 e. The molecule has 0 unspecified atom stereocenters. The number of anilines is 1. The first kappa shape index (κ1) is 14.6. The SMILES string of the molecule is Cl.Cl.c1cncc(N2C[C@H]3CCCN[C@H]3C2)c1. The van der Waals surface area contributed by atoms with Crippen molar-refractivity contribution < 1.29 is 0 Å². The molecular weight excluding hydrogens is 257 g/mol. The molecule has 17 heavy (non-hydrogen) atoms. The number of halogens is 2. The quantitative estimate of drug-likeness (QED) is 0.851. The van der Waals surface area contributed by atoms with Crippen LogP contribution >= 0.6 is 24.8 Å². The fourth-order valence-corrected chi connectivity index (χ4v) is 2.80. The van der Waals surface area contributed by atoms with Gasteiger partial charge in [0.2, 0.25) is 0 Å². The molecule has 3 nitrogen and oxygen atoms in total. The number of nitrogens with zero attached hydrogens (tertiary/aromatic N) is 2. The lowest BCUT2D eigenvalue weighted by atomic mass is 9.94. The summed E-state index contributed by atoms with van der Waals surface area (Å²) in [7, 11) is 0. The molecule has 3 rings (SSSR count). The highest BCUT2D eigenvalue weighted by Crippen LogP contribution is 2.28. The lowest BCUT2D eigenvalue weighted by Gasteiger charge is -2.24. The first-order chi connectivity index (χ1) is 7.43. The van der Waals surface area contributed by atoms with Crippen LogP contribution in [-0.2, 0) is 0 Å². The van der Waals surface area contributed by atoms with Gasteiger partial charge in [0.15, 0.2) is 0 Å². The Balaban J connectivity index is 0.000000722. The highest BCUT2D eigenvalue weighted by molar-refractivity contribution is 5.85. The third-order valence-electron chi connectivity index (χ3n) is 3.61. The van der Waals surface area contributed by atoms with Crippen molar-refractivity contribution >= 4 is 30.5 Å². The normalized spacial score (nSPS) is 26.7. The van der Waals surface area contributed by atoms with Crippen LogP contribution in [0.1, 0.15) is 12.8 Å². The van der Waals surface area contributed by atoms with Crippen molar-refractivity contribution in [1.82, 2.24) is 10.3 Å². The van der Waals surface area contributed by atoms with Gasteiger partial charge in [-0.3, -0.25) is 4.98 Å². The molecule has 2 atom stereocenters. The zero-order valence-corrected chi connectivity index (χ0v) is 11.3. The maximum atomic E-state index is 4.18. The first-order valence-corrected chi connectivity index (χ1v) is 5.82. The smallest absolute Gasteiger partial charge is 0.0553 e. The van der Waals surface area contributed by atoms with E-state index in [-0.39, 0.29) is 24.8 Å². The summed E-state index contributed by atoms with van der Waals surface area (Å²) in [4.78, 5) is 6.64. The largest absolute Gasteiger partial charge is 0.368 e. The van der Waals surface area contributed by atoms with Gasteiger partial charge in [-0.15, -0.1) is 24.8 Å². The molecular formula is C12H19Cl2N3. The summed E-state index contributed by atoms with van der Waals surface area (Å²) in [6.45, 7) is 3.54. The summed E-state index contributed by atoms with van der Waals surface area (Å²) in [5.41, 5.74) is 1.27. The summed E-state index contributed by atoms with van der Waals surface area (Å²) >= 11 is 0. The highest BCUT2D eigenvalue weighted by Gasteiger charge is 2.34. The second-order valence-corrected chi connectivity index (χ2v) is 4.58. The molecule has 0 spiro atoms. The van der Waals surface area contributed by atoms with E-state index in [2.05, 4.69) is 21.3 Å². The van der Waals surface area contributed by atoms with Gasteiger partial charge in [0.25, 0.3) is 0 Å². The van der Waals surface area contributed by atoms with Crippen molar-refractivity contribution in [3.8, 4) is 0 Å². The molecule has 0 saturated carbocycles. The third-order valence-corrected chi connectivity index (χ3v) is 3.61. The second-order valence-electron chi connectivity index (χ2n) is 4.58. The van der Waals surface area contributed by atoms with Gasteiger partial charge in [-0.1, -0.05) is 0 Å². The van der Waals surface area contributed by atoms with Crippen molar-refractivity contribution in [2.75, 3.05) is 24.5 Å². The minimum atomic E-state index is 0. The van der Waals surface area contributed by atoms with E-state index in [0.717, 1.165) is 12.5 Å². The van der Waals surface area contributed by atoms with Gasteiger partial charge in [0.1, 0.15) is 0 Å². The lowest BCUT2D eigenvalue weighted by molar-refractivity contribution is 0.340. The number of hydrogen-bond acceptors (Lipinski definition) is 3. The number of aromatic nitrogens is 1. The average molecular weight is 276 g/mol. The molecule has 2 saturated heterocycles. The molecule has 0 aliphatic carbocycles. The summed E-state index contributed by atoms with van der Waals surface area (Å²) in [5, 5.41) is 3.62. The van der Waals surface area contributed by atoms with Gasteiger partial charge < -0.3 is 10.2 Å². The van der Waals surface area contributed by atoms with E-state index in [1.165, 1.54) is 31.6 Å². The number of hydrogen-bond donors (Lipinski definition) is 1. The average Bonchev–Trinajstić information content (AvgIpc) is 2.74. The molecule has 1 N–H and O–H groups in total. The van der Waals surface area contributed by atoms with Gasteiger partial charge in [0.05, 0.1) is 11.9 Å². The van der Waals surface area contributed by atoms with Crippen molar-refractivity contribution in [1.29, 1.82) is 0 Å². The standard InChI is InChI=1S/C12H17N3.2ClH/c1-3-10-8-15(9-12(10)14-6-1)11-4-2-5-13-7-11;;/h2,4-5,7,10,12,14H,1,3,6,8-9H2;2*1H/t10-,12+;;/m1../s1. The zero-order valence-electron chi connectivity index (χ0n) is 9.71. The molecule has 2 fully saturated rings. The van der Waals surface area contributed by atoms with Gasteiger partial charge in [-0.2, -0.15) is 0 Å². The van der Waals surface area contributed by atoms with Gasteiger partial charge >= 0.3 is 0 Å². The van der Waals surface area contributed by atoms with E-state index in [1.54, 1.807) is 0 Å². The Morgan fingerprint density at radius 2 is 2.18 bits per heavy atom. The third kappa shape index (κ3) is 3.03. The fraction of sp³-hybridized carbons (Fsp3) is 0.583. The lowest BCUT2D eigenvalue weighted by Crippen LogP contribution is -2.40. The van der Waals surface area contributed by atoms with E-state index in [9.17, 15) is 0 Å². The van der Waals surface area contributed by atoms with E-state index >= 15 is 0 Å². The Kier molecular flexibility index (Phi) is 5.50. The predicted octanol–water partition coefficient (Wildman–Crippen LogP) is 2.11. The summed E-state index contributed by atoms with van der Waals surface area (Å²) < 4.78 is 0. The predicted molar refractivity (Wildman–Crippen MR) is 75.5 cm³/mol. The minimum absolute atomic E-state index is 0. The number of fused-ring (bicyclic) bond motifs is 1. The van der Waals surface area contributed by atoms with Crippen molar-refractivity contribution in [2.24, 2.45) is 5.92 Å². The number of nitrogens with one attached hydrogen (secondary N) is 1. The molecule has 0 aromatic carbocycles. The maximum absolute atomic E-state index is 4.18. The highest BCUT2D eigenvalue weighted by atomic mass is 35.5. The molecule has 0 amide bonds. The van der Waals surface area contributed by atoms with Crippen molar-refractivity contribution in [3.05, 3.63) is 24.5 Å². The van der Waals surface area contributed by atoms with Crippen LogP contribution < -0.4 is 10.2 Å². The van der Waals surface area contributed by atoms with Crippen molar-refractivity contribution in [2.45, 2.75) is 18.9 Å². The Morgan fingerprint density at radius 3 is 2.88 bits per heavy atom. The van der Waals surface area contributed by atoms with Crippen LogP contribution in [0.25, 0.3) is 0 Å². The molecule has 5 heteroatoms. The molecule has 2 aliphatic heterocycles. The molecule has 1 aromatic heterocycles. The van der Waals surface area contributed by atoms with Gasteiger partial charge in [-0.25, -0.2) is 0 Å². The number of rotatable bonds is 1. The zero-order chi connectivity index (χ0) is 10.1. The van der Waals surface area contributed by atoms with Crippen LogP contribution in [0.2, 0.25) is 0 Å². The summed E-state index contributed by atoms with van der Waals surface area (Å²) in [5.74, 6) is 0.846. The van der Waals surface area contributed by atoms with Crippen LogP contribution in [0.15, 0.2) is 24.5 Å². The fourth-order valence-electron chi connectivity index (χ4n) is 2.80. The molecule has 1 aromatic rings. The van der Waals surface area contributed by atoms with E-state index in [4.69, 9.17) is 0 Å². The summed E-state index contributed by atoms with van der Waals surface area (Å²) in [6.07, 6.45) is 6.53. The Bertz CT molecular complexity index is 320. The summed E-state index contributed by atoms with van der Waals surface area (Å²) in [6, 6.07) is 4.88. The van der Waals surface area contributed by atoms with Crippen molar-refractivity contribution in [3.63, 3.8) is 0 Å². The number of pyridine rings is 1. The molecule has 0 radical (unpaired) electrons. The van der Waals surface area contributed by atoms with Crippen LogP contribution in [0.3, 0.4) is 0 Å². The minimum Gasteiger partial charge on any atom is -0.368 e.